The largest absolute Gasteiger partial charge is 0.375 e. The zero-order valence-electron chi connectivity index (χ0n) is 13.7. The maximum Gasteiger partial charge on any atom is 0.315 e. The number of hydrogen-bond donors (Lipinski definition) is 2. The van der Waals surface area contributed by atoms with Crippen molar-refractivity contribution < 1.29 is 18.3 Å². The van der Waals surface area contributed by atoms with Gasteiger partial charge in [-0.3, -0.25) is 0 Å². The van der Waals surface area contributed by atoms with E-state index < -0.39 is 5.92 Å². The first-order chi connectivity index (χ1) is 11.0. The van der Waals surface area contributed by atoms with Crippen LogP contribution in [0.3, 0.4) is 0 Å². The van der Waals surface area contributed by atoms with E-state index in [-0.39, 0.29) is 36.4 Å². The van der Waals surface area contributed by atoms with Gasteiger partial charge in [0.05, 0.1) is 5.60 Å². The summed E-state index contributed by atoms with van der Waals surface area (Å²) >= 11 is 0. The normalized spacial score (nSPS) is 30.3. The number of hydrogen-bond acceptors (Lipinski definition) is 2. The molecular weight excluding hydrogens is 302 g/mol. The Labute approximate surface area is 136 Å². The zero-order chi connectivity index (χ0) is 16.3. The third-order valence-electron chi connectivity index (χ3n) is 5.73. The summed E-state index contributed by atoms with van der Waals surface area (Å²) in [6, 6.07) is -0.0000743. The maximum absolute atomic E-state index is 13.1. The quantitative estimate of drug-likeness (QED) is 0.831. The predicted molar refractivity (Wildman–Crippen MR) is 83.6 cm³/mol. The molecule has 0 aromatic rings. The zero-order valence-corrected chi connectivity index (χ0v) is 13.7. The second-order valence-corrected chi connectivity index (χ2v) is 7.58. The molecule has 2 N–H and O–H groups in total. The van der Waals surface area contributed by atoms with Crippen LogP contribution in [0.5, 0.6) is 0 Å². The minimum Gasteiger partial charge on any atom is -0.375 e. The Balaban J connectivity index is 1.38. The van der Waals surface area contributed by atoms with E-state index in [4.69, 9.17) is 4.74 Å². The van der Waals surface area contributed by atoms with Gasteiger partial charge in [-0.2, -0.15) is 0 Å². The molecule has 2 aliphatic carbocycles. The summed E-state index contributed by atoms with van der Waals surface area (Å²) in [7, 11) is 0. The number of carbonyl (C=O) groups is 1. The van der Waals surface area contributed by atoms with Gasteiger partial charge in [-0.25, -0.2) is 13.6 Å². The third kappa shape index (κ3) is 4.55. The van der Waals surface area contributed by atoms with Crippen LogP contribution in [0.4, 0.5) is 13.6 Å². The number of amides is 2. The monoisotopic (exact) mass is 330 g/mol. The van der Waals surface area contributed by atoms with E-state index >= 15 is 0 Å². The highest BCUT2D eigenvalue weighted by Crippen LogP contribution is 2.40. The fourth-order valence-corrected chi connectivity index (χ4v) is 4.30. The van der Waals surface area contributed by atoms with Gasteiger partial charge in [0, 0.05) is 32.0 Å². The van der Waals surface area contributed by atoms with Crippen LogP contribution < -0.4 is 10.6 Å². The van der Waals surface area contributed by atoms with Crippen molar-refractivity contribution in [3.05, 3.63) is 0 Å². The fraction of sp³-hybridized carbons (Fsp3) is 0.941. The van der Waals surface area contributed by atoms with Crippen LogP contribution in [-0.2, 0) is 4.74 Å². The summed E-state index contributed by atoms with van der Waals surface area (Å²) < 4.78 is 32.2. The summed E-state index contributed by atoms with van der Waals surface area (Å²) in [5, 5.41) is 5.92. The highest BCUT2D eigenvalue weighted by atomic mass is 19.3. The van der Waals surface area contributed by atoms with Crippen molar-refractivity contribution in [3.8, 4) is 0 Å². The number of urea groups is 1. The molecule has 1 saturated heterocycles. The fourth-order valence-electron chi connectivity index (χ4n) is 4.30. The first kappa shape index (κ1) is 16.9. The van der Waals surface area contributed by atoms with Crippen molar-refractivity contribution in [2.75, 3.05) is 13.2 Å². The van der Waals surface area contributed by atoms with E-state index in [9.17, 15) is 13.6 Å². The third-order valence-corrected chi connectivity index (χ3v) is 5.73. The summed E-state index contributed by atoms with van der Waals surface area (Å²) in [6.07, 6.45) is 7.26. The molecule has 3 fully saturated rings. The van der Waals surface area contributed by atoms with E-state index in [2.05, 4.69) is 10.6 Å². The van der Waals surface area contributed by atoms with Crippen molar-refractivity contribution in [2.45, 2.75) is 81.8 Å². The first-order valence-electron chi connectivity index (χ1n) is 9.03. The lowest BCUT2D eigenvalue weighted by atomic mass is 9.87. The van der Waals surface area contributed by atoms with E-state index in [0.717, 1.165) is 25.7 Å². The van der Waals surface area contributed by atoms with Crippen LogP contribution in [0, 0.1) is 5.92 Å². The lowest BCUT2D eigenvalue weighted by Crippen LogP contribution is -2.50. The molecule has 1 unspecified atom stereocenters. The smallest absolute Gasteiger partial charge is 0.315 e. The summed E-state index contributed by atoms with van der Waals surface area (Å²) in [5.41, 5.74) is -0.00878. The minimum absolute atomic E-state index is 0.00878. The van der Waals surface area contributed by atoms with E-state index in [1.807, 2.05) is 0 Å². The maximum atomic E-state index is 13.1. The van der Waals surface area contributed by atoms with Gasteiger partial charge >= 0.3 is 6.03 Å². The van der Waals surface area contributed by atoms with Gasteiger partial charge < -0.3 is 15.4 Å². The van der Waals surface area contributed by atoms with Crippen molar-refractivity contribution in [1.82, 2.24) is 10.6 Å². The van der Waals surface area contributed by atoms with Gasteiger partial charge in [0.15, 0.2) is 0 Å². The molecule has 1 spiro atoms. The van der Waals surface area contributed by atoms with Crippen molar-refractivity contribution >= 4 is 6.03 Å². The van der Waals surface area contributed by atoms with Gasteiger partial charge in [-0.15, -0.1) is 0 Å². The lowest BCUT2D eigenvalue weighted by Gasteiger charge is -2.38. The standard InChI is InChI=1S/C17H28F2N2O2/c18-17(19)8-3-13(4-9-17)12-20-15(22)21-14-5-10-23-16(11-14)6-1-2-7-16/h13-14H,1-12H2,(H2,20,21,22). The average molecular weight is 330 g/mol. The van der Waals surface area contributed by atoms with E-state index in [1.54, 1.807) is 0 Å². The van der Waals surface area contributed by atoms with Gasteiger partial charge in [-0.1, -0.05) is 12.8 Å². The Bertz CT molecular complexity index is 415. The van der Waals surface area contributed by atoms with Crippen LogP contribution in [0.25, 0.3) is 0 Å². The highest BCUT2D eigenvalue weighted by Gasteiger charge is 2.40. The molecule has 0 aromatic carbocycles. The molecule has 0 radical (unpaired) electrons. The Morgan fingerprint density at radius 3 is 2.48 bits per heavy atom. The molecule has 132 valence electrons. The molecule has 2 amide bonds. The molecule has 2 saturated carbocycles. The van der Waals surface area contributed by atoms with Crippen LogP contribution in [-0.4, -0.2) is 36.7 Å². The molecule has 4 nitrogen and oxygen atoms in total. The Kier molecular flexibility index (Phi) is 5.09. The Hall–Kier alpha value is -0.910. The molecule has 1 atom stereocenters. The molecule has 1 heterocycles. The molecule has 23 heavy (non-hydrogen) atoms. The molecule has 0 aromatic heterocycles. The van der Waals surface area contributed by atoms with Crippen LogP contribution in [0.1, 0.15) is 64.2 Å². The number of alkyl halides is 2. The summed E-state index contributed by atoms with van der Waals surface area (Å²) in [4.78, 5) is 12.1. The van der Waals surface area contributed by atoms with Gasteiger partial charge in [0.25, 0.3) is 0 Å². The molecule has 3 aliphatic rings. The molecule has 6 heteroatoms. The van der Waals surface area contributed by atoms with Crippen molar-refractivity contribution in [3.63, 3.8) is 0 Å². The van der Waals surface area contributed by atoms with E-state index in [1.165, 1.54) is 12.8 Å². The van der Waals surface area contributed by atoms with Crippen LogP contribution in [0.2, 0.25) is 0 Å². The second kappa shape index (κ2) is 6.91. The Morgan fingerprint density at radius 2 is 1.78 bits per heavy atom. The number of carbonyl (C=O) groups excluding carboxylic acids is 1. The van der Waals surface area contributed by atoms with Gasteiger partial charge in [-0.05, 0) is 44.4 Å². The number of halogens is 2. The van der Waals surface area contributed by atoms with Crippen LogP contribution in [0.15, 0.2) is 0 Å². The number of nitrogens with one attached hydrogen (secondary N) is 2. The van der Waals surface area contributed by atoms with Crippen molar-refractivity contribution in [1.29, 1.82) is 0 Å². The predicted octanol–water partition coefficient (Wildman–Crippen LogP) is 3.60. The molecule has 0 bridgehead atoms. The minimum atomic E-state index is -2.50. The number of rotatable bonds is 3. The van der Waals surface area contributed by atoms with E-state index in [0.29, 0.717) is 26.0 Å². The second-order valence-electron chi connectivity index (χ2n) is 7.58. The SMILES string of the molecule is O=C(NCC1CCC(F)(F)CC1)NC1CCOC2(CCCC2)C1. The average Bonchev–Trinajstić information content (AvgIpc) is 2.94. The molecular formula is C17H28F2N2O2. The first-order valence-corrected chi connectivity index (χ1v) is 9.03. The lowest BCUT2D eigenvalue weighted by molar-refractivity contribution is -0.0820. The van der Waals surface area contributed by atoms with Gasteiger partial charge in [0.1, 0.15) is 0 Å². The molecule has 3 rings (SSSR count). The Morgan fingerprint density at radius 1 is 1.09 bits per heavy atom. The number of ether oxygens (including phenoxy) is 1. The van der Waals surface area contributed by atoms with Crippen molar-refractivity contribution in [2.24, 2.45) is 5.92 Å². The highest BCUT2D eigenvalue weighted by molar-refractivity contribution is 5.74. The summed E-state index contributed by atoms with van der Waals surface area (Å²) in [5.74, 6) is -2.33. The van der Waals surface area contributed by atoms with Gasteiger partial charge in [0.2, 0.25) is 5.92 Å². The molecule has 1 aliphatic heterocycles. The summed E-state index contributed by atoms with van der Waals surface area (Å²) in [6.45, 7) is 1.21. The topological polar surface area (TPSA) is 50.4 Å². The van der Waals surface area contributed by atoms with Crippen LogP contribution >= 0.6 is 0 Å².